The molecule has 1 atom stereocenters. The topological polar surface area (TPSA) is 41.6 Å². The van der Waals surface area contributed by atoms with E-state index in [0.717, 1.165) is 23.4 Å². The summed E-state index contributed by atoms with van der Waals surface area (Å²) in [6.07, 6.45) is 0. The molecule has 1 unspecified atom stereocenters. The third-order valence-corrected chi connectivity index (χ3v) is 3.52. The molecule has 1 aromatic carbocycles. The van der Waals surface area contributed by atoms with E-state index in [9.17, 15) is 4.79 Å². The highest BCUT2D eigenvalue weighted by molar-refractivity contribution is 5.98. The lowest BCUT2D eigenvalue weighted by Gasteiger charge is -2.29. The van der Waals surface area contributed by atoms with Crippen molar-refractivity contribution in [3.8, 4) is 0 Å². The second-order valence-corrected chi connectivity index (χ2v) is 5.23. The molecule has 1 amide bonds. The Bertz CT molecular complexity index is 456. The van der Waals surface area contributed by atoms with E-state index >= 15 is 0 Å². The SMILES string of the molecule is Cc1cc(C)c(N(C)C(=O)C2COCCN2)c(C)c1. The second-order valence-electron chi connectivity index (χ2n) is 5.23. The van der Waals surface area contributed by atoms with Crippen molar-refractivity contribution in [1.29, 1.82) is 0 Å². The fourth-order valence-electron chi connectivity index (χ4n) is 2.77. The van der Waals surface area contributed by atoms with E-state index in [2.05, 4.69) is 24.4 Å². The lowest BCUT2D eigenvalue weighted by atomic mass is 10.0. The average molecular weight is 262 g/mol. The van der Waals surface area contributed by atoms with Gasteiger partial charge in [0.15, 0.2) is 0 Å². The Balaban J connectivity index is 2.23. The first-order chi connectivity index (χ1) is 9.00. The summed E-state index contributed by atoms with van der Waals surface area (Å²) in [7, 11) is 1.84. The zero-order valence-electron chi connectivity index (χ0n) is 12.1. The number of hydrogen-bond acceptors (Lipinski definition) is 3. The monoisotopic (exact) mass is 262 g/mol. The van der Waals surface area contributed by atoms with Gasteiger partial charge in [0.1, 0.15) is 6.04 Å². The third-order valence-electron chi connectivity index (χ3n) is 3.52. The van der Waals surface area contributed by atoms with Crippen LogP contribution in [0.5, 0.6) is 0 Å². The largest absolute Gasteiger partial charge is 0.378 e. The molecule has 1 aromatic rings. The summed E-state index contributed by atoms with van der Waals surface area (Å²) in [5.41, 5.74) is 4.48. The molecule has 104 valence electrons. The maximum absolute atomic E-state index is 12.5. The number of rotatable bonds is 2. The number of nitrogens with zero attached hydrogens (tertiary/aromatic N) is 1. The van der Waals surface area contributed by atoms with Gasteiger partial charge in [0.05, 0.1) is 13.2 Å². The first kappa shape index (κ1) is 14.0. The van der Waals surface area contributed by atoms with Crippen LogP contribution in [0.25, 0.3) is 0 Å². The number of anilines is 1. The molecule has 0 aromatic heterocycles. The number of hydrogen-bond donors (Lipinski definition) is 1. The van der Waals surface area contributed by atoms with E-state index in [4.69, 9.17) is 4.74 Å². The van der Waals surface area contributed by atoms with Crippen LogP contribution in [0, 0.1) is 20.8 Å². The van der Waals surface area contributed by atoms with Crippen LogP contribution in [0.3, 0.4) is 0 Å². The van der Waals surface area contributed by atoms with Gasteiger partial charge in [0.25, 0.3) is 0 Å². The van der Waals surface area contributed by atoms with Crippen molar-refractivity contribution in [2.45, 2.75) is 26.8 Å². The highest BCUT2D eigenvalue weighted by Crippen LogP contribution is 2.25. The first-order valence-electron chi connectivity index (χ1n) is 6.67. The highest BCUT2D eigenvalue weighted by Gasteiger charge is 2.26. The van der Waals surface area contributed by atoms with Crippen molar-refractivity contribution in [2.75, 3.05) is 31.7 Å². The molecule has 0 saturated carbocycles. The zero-order chi connectivity index (χ0) is 14.0. The predicted molar refractivity (Wildman–Crippen MR) is 76.7 cm³/mol. The Hall–Kier alpha value is -1.39. The molecule has 1 N–H and O–H groups in total. The molecule has 4 heteroatoms. The molecule has 1 fully saturated rings. The van der Waals surface area contributed by atoms with Crippen molar-refractivity contribution in [3.63, 3.8) is 0 Å². The molecule has 0 radical (unpaired) electrons. The molecule has 0 aliphatic carbocycles. The van der Waals surface area contributed by atoms with E-state index in [1.165, 1.54) is 5.56 Å². The molecular weight excluding hydrogens is 240 g/mol. The van der Waals surface area contributed by atoms with E-state index in [-0.39, 0.29) is 11.9 Å². The van der Waals surface area contributed by atoms with Crippen molar-refractivity contribution in [3.05, 3.63) is 28.8 Å². The fraction of sp³-hybridized carbons (Fsp3) is 0.533. The van der Waals surface area contributed by atoms with Crippen LogP contribution in [0.4, 0.5) is 5.69 Å². The van der Waals surface area contributed by atoms with E-state index < -0.39 is 0 Å². The fourth-order valence-corrected chi connectivity index (χ4v) is 2.77. The summed E-state index contributed by atoms with van der Waals surface area (Å²) in [6.45, 7) is 8.02. The van der Waals surface area contributed by atoms with Crippen molar-refractivity contribution >= 4 is 11.6 Å². The van der Waals surface area contributed by atoms with Crippen LogP contribution in [0.15, 0.2) is 12.1 Å². The van der Waals surface area contributed by atoms with Gasteiger partial charge >= 0.3 is 0 Å². The molecule has 1 aliphatic rings. The van der Waals surface area contributed by atoms with Gasteiger partial charge in [0.2, 0.25) is 5.91 Å². The molecule has 19 heavy (non-hydrogen) atoms. The van der Waals surface area contributed by atoms with Gasteiger partial charge in [-0.2, -0.15) is 0 Å². The number of carbonyl (C=O) groups is 1. The van der Waals surface area contributed by atoms with Crippen LogP contribution < -0.4 is 10.2 Å². The number of carbonyl (C=O) groups excluding carboxylic acids is 1. The van der Waals surface area contributed by atoms with Crippen LogP contribution in [0.2, 0.25) is 0 Å². The maximum atomic E-state index is 12.5. The minimum atomic E-state index is -0.237. The van der Waals surface area contributed by atoms with Gasteiger partial charge in [0, 0.05) is 19.3 Å². The summed E-state index contributed by atoms with van der Waals surface area (Å²) in [5.74, 6) is 0.0646. The quantitative estimate of drug-likeness (QED) is 0.879. The summed E-state index contributed by atoms with van der Waals surface area (Å²) in [4.78, 5) is 14.2. The molecule has 0 bridgehead atoms. The molecule has 4 nitrogen and oxygen atoms in total. The van der Waals surface area contributed by atoms with Crippen LogP contribution in [-0.4, -0.2) is 38.8 Å². The minimum absolute atomic E-state index is 0.0646. The molecule has 0 spiro atoms. The van der Waals surface area contributed by atoms with Crippen LogP contribution in [0.1, 0.15) is 16.7 Å². The molecule has 1 heterocycles. The van der Waals surface area contributed by atoms with Gasteiger partial charge in [-0.3, -0.25) is 4.79 Å². The first-order valence-corrected chi connectivity index (χ1v) is 6.67. The zero-order valence-corrected chi connectivity index (χ0v) is 12.1. The second kappa shape index (κ2) is 5.72. The van der Waals surface area contributed by atoms with E-state index in [1.54, 1.807) is 4.90 Å². The lowest BCUT2D eigenvalue weighted by molar-refractivity contribution is -0.123. The van der Waals surface area contributed by atoms with Gasteiger partial charge in [-0.1, -0.05) is 17.7 Å². The molecule has 2 rings (SSSR count). The van der Waals surface area contributed by atoms with Crippen molar-refractivity contribution in [2.24, 2.45) is 0 Å². The molecular formula is C15H22N2O2. The summed E-state index contributed by atoms with van der Waals surface area (Å²) in [6, 6.07) is 3.98. The normalized spacial score (nSPS) is 19.3. The maximum Gasteiger partial charge on any atom is 0.246 e. The number of likely N-dealkylation sites (N-methyl/N-ethyl adjacent to an activating group) is 1. The average Bonchev–Trinajstić information content (AvgIpc) is 2.37. The smallest absolute Gasteiger partial charge is 0.246 e. The molecule has 1 aliphatic heterocycles. The van der Waals surface area contributed by atoms with Crippen molar-refractivity contribution < 1.29 is 9.53 Å². The standard InChI is InChI=1S/C15H22N2O2/c1-10-7-11(2)14(12(3)8-10)17(4)15(18)13-9-19-6-5-16-13/h7-8,13,16H,5-6,9H2,1-4H3. The number of benzene rings is 1. The van der Waals surface area contributed by atoms with Gasteiger partial charge in [-0.05, 0) is 31.9 Å². The molecule has 1 saturated heterocycles. The van der Waals surface area contributed by atoms with Gasteiger partial charge in [-0.15, -0.1) is 0 Å². The Morgan fingerprint density at radius 2 is 1.95 bits per heavy atom. The Morgan fingerprint density at radius 1 is 1.32 bits per heavy atom. The number of aryl methyl sites for hydroxylation is 3. The Kier molecular flexibility index (Phi) is 4.22. The number of morpholine rings is 1. The highest BCUT2D eigenvalue weighted by atomic mass is 16.5. The summed E-state index contributed by atoms with van der Waals surface area (Å²) >= 11 is 0. The van der Waals surface area contributed by atoms with Crippen LogP contribution >= 0.6 is 0 Å². The van der Waals surface area contributed by atoms with E-state index in [0.29, 0.717) is 13.2 Å². The number of ether oxygens (including phenoxy) is 1. The third kappa shape index (κ3) is 2.96. The Labute approximate surface area is 114 Å². The predicted octanol–water partition coefficient (Wildman–Crippen LogP) is 1.56. The van der Waals surface area contributed by atoms with Crippen molar-refractivity contribution in [1.82, 2.24) is 5.32 Å². The summed E-state index contributed by atoms with van der Waals surface area (Å²) < 4.78 is 5.36. The van der Waals surface area contributed by atoms with Gasteiger partial charge in [-0.25, -0.2) is 0 Å². The Morgan fingerprint density at radius 3 is 2.47 bits per heavy atom. The lowest BCUT2D eigenvalue weighted by Crippen LogP contribution is -2.52. The minimum Gasteiger partial charge on any atom is -0.378 e. The van der Waals surface area contributed by atoms with E-state index in [1.807, 2.05) is 20.9 Å². The number of nitrogens with one attached hydrogen (secondary N) is 1. The number of amides is 1. The van der Waals surface area contributed by atoms with Gasteiger partial charge < -0.3 is 15.0 Å². The summed E-state index contributed by atoms with van der Waals surface area (Å²) in [5, 5.41) is 3.20. The van der Waals surface area contributed by atoms with Crippen LogP contribution in [-0.2, 0) is 9.53 Å².